The van der Waals surface area contributed by atoms with Gasteiger partial charge in [0, 0.05) is 24.0 Å². The number of benzene rings is 2. The predicted octanol–water partition coefficient (Wildman–Crippen LogP) is 2.10. The second kappa shape index (κ2) is 4.34. The van der Waals surface area contributed by atoms with Gasteiger partial charge in [0.1, 0.15) is 5.75 Å². The number of hydrogen-bond donors (Lipinski definition) is 3. The van der Waals surface area contributed by atoms with Crippen LogP contribution in [0.1, 0.15) is 37.4 Å². The average molecular weight is 282 g/mol. The summed E-state index contributed by atoms with van der Waals surface area (Å²) in [5, 5.41) is 12.9. The van der Waals surface area contributed by atoms with Crippen LogP contribution in [0.15, 0.2) is 24.3 Å². The Morgan fingerprint density at radius 3 is 2.29 bits per heavy atom. The third kappa shape index (κ3) is 1.64. The van der Waals surface area contributed by atoms with Crippen molar-refractivity contribution in [2.75, 3.05) is 18.1 Å². The number of ketones is 2. The molecule has 0 heterocycles. The van der Waals surface area contributed by atoms with Crippen LogP contribution in [0.2, 0.25) is 0 Å². The van der Waals surface area contributed by atoms with E-state index in [0.717, 1.165) is 0 Å². The molecule has 2 aromatic carbocycles. The number of anilines is 2. The van der Waals surface area contributed by atoms with Gasteiger partial charge in [-0.05, 0) is 30.7 Å². The first-order chi connectivity index (χ1) is 9.97. The van der Waals surface area contributed by atoms with Gasteiger partial charge < -0.3 is 16.2 Å². The van der Waals surface area contributed by atoms with Crippen molar-refractivity contribution in [1.82, 2.24) is 0 Å². The van der Waals surface area contributed by atoms with Crippen LogP contribution in [0, 0.1) is 6.92 Å². The second-order valence-electron chi connectivity index (χ2n) is 5.01. The molecule has 1 aliphatic carbocycles. The van der Waals surface area contributed by atoms with Gasteiger partial charge in [-0.3, -0.25) is 9.59 Å². The van der Waals surface area contributed by atoms with Crippen LogP contribution in [0.3, 0.4) is 0 Å². The molecule has 0 fully saturated rings. The maximum Gasteiger partial charge on any atom is 0.200 e. The SMILES string of the molecule is CNc1ccc(N)c2c1C(=O)c1c(O)ccc(C)c1C2=O. The fourth-order valence-electron chi connectivity index (χ4n) is 2.78. The molecule has 0 radical (unpaired) electrons. The molecule has 5 heteroatoms. The van der Waals surface area contributed by atoms with E-state index in [1.165, 1.54) is 6.07 Å². The summed E-state index contributed by atoms with van der Waals surface area (Å²) in [5.74, 6) is -0.913. The van der Waals surface area contributed by atoms with Gasteiger partial charge in [0.2, 0.25) is 0 Å². The van der Waals surface area contributed by atoms with Gasteiger partial charge in [-0.2, -0.15) is 0 Å². The number of aryl methyl sites for hydroxylation is 1. The lowest BCUT2D eigenvalue weighted by Gasteiger charge is -2.23. The summed E-state index contributed by atoms with van der Waals surface area (Å²) in [6.45, 7) is 1.73. The number of fused-ring (bicyclic) bond motifs is 2. The molecule has 3 rings (SSSR count). The van der Waals surface area contributed by atoms with Crippen molar-refractivity contribution in [3.8, 4) is 5.75 Å². The number of nitrogens with one attached hydrogen (secondary N) is 1. The Kier molecular flexibility index (Phi) is 2.73. The van der Waals surface area contributed by atoms with Crippen molar-refractivity contribution in [1.29, 1.82) is 0 Å². The van der Waals surface area contributed by atoms with Crippen molar-refractivity contribution in [2.45, 2.75) is 6.92 Å². The van der Waals surface area contributed by atoms with Crippen LogP contribution in [-0.2, 0) is 0 Å². The molecule has 0 unspecified atom stereocenters. The van der Waals surface area contributed by atoms with E-state index in [1.54, 1.807) is 32.2 Å². The maximum atomic E-state index is 12.8. The molecule has 2 aromatic rings. The topological polar surface area (TPSA) is 92.4 Å². The van der Waals surface area contributed by atoms with Crippen LogP contribution in [0.4, 0.5) is 11.4 Å². The molecule has 0 atom stereocenters. The Balaban J connectivity index is 2.44. The lowest BCUT2D eigenvalue weighted by molar-refractivity contribution is 0.0977. The zero-order chi connectivity index (χ0) is 15.3. The highest BCUT2D eigenvalue weighted by atomic mass is 16.3. The summed E-state index contributed by atoms with van der Waals surface area (Å²) in [4.78, 5) is 25.5. The van der Waals surface area contributed by atoms with E-state index in [9.17, 15) is 14.7 Å². The molecule has 0 aromatic heterocycles. The Bertz CT molecular complexity index is 810. The Morgan fingerprint density at radius 2 is 1.62 bits per heavy atom. The van der Waals surface area contributed by atoms with Crippen molar-refractivity contribution in [2.24, 2.45) is 0 Å². The minimum atomic E-state index is -0.391. The van der Waals surface area contributed by atoms with E-state index in [1.807, 2.05) is 0 Å². The summed E-state index contributed by atoms with van der Waals surface area (Å²) < 4.78 is 0. The molecular formula is C16H14N2O3. The van der Waals surface area contributed by atoms with Gasteiger partial charge in [-0.25, -0.2) is 0 Å². The summed E-state index contributed by atoms with van der Waals surface area (Å²) in [6.07, 6.45) is 0. The molecule has 0 aliphatic heterocycles. The highest BCUT2D eigenvalue weighted by Crippen LogP contribution is 2.39. The number of aromatic hydroxyl groups is 1. The number of rotatable bonds is 1. The number of phenols is 1. The Hall–Kier alpha value is -2.82. The molecule has 0 bridgehead atoms. The van der Waals surface area contributed by atoms with Gasteiger partial charge >= 0.3 is 0 Å². The van der Waals surface area contributed by atoms with E-state index >= 15 is 0 Å². The molecule has 4 N–H and O–H groups in total. The van der Waals surface area contributed by atoms with Crippen LogP contribution in [0.25, 0.3) is 0 Å². The minimum absolute atomic E-state index is 0.0506. The fraction of sp³-hybridized carbons (Fsp3) is 0.125. The molecule has 1 aliphatic rings. The molecule has 21 heavy (non-hydrogen) atoms. The van der Waals surface area contributed by atoms with Crippen LogP contribution < -0.4 is 11.1 Å². The van der Waals surface area contributed by atoms with Crippen LogP contribution in [0.5, 0.6) is 5.75 Å². The van der Waals surface area contributed by atoms with Crippen molar-refractivity contribution in [3.63, 3.8) is 0 Å². The highest BCUT2D eigenvalue weighted by molar-refractivity contribution is 6.33. The van der Waals surface area contributed by atoms with E-state index in [-0.39, 0.29) is 39.5 Å². The van der Waals surface area contributed by atoms with Crippen LogP contribution >= 0.6 is 0 Å². The Labute approximate surface area is 121 Å². The number of carbonyl (C=O) groups excluding carboxylic acids is 2. The first-order valence-corrected chi connectivity index (χ1v) is 6.49. The standard InChI is InChI=1S/C16H14N2O3/c1-7-3-6-10(19)14-11(7)15(20)12-8(17)4-5-9(18-2)13(12)16(14)21/h3-6,18-19H,17H2,1-2H3. The first kappa shape index (κ1) is 13.2. The summed E-state index contributed by atoms with van der Waals surface area (Å²) in [5.41, 5.74) is 8.02. The van der Waals surface area contributed by atoms with Gasteiger partial charge in [0.05, 0.1) is 16.7 Å². The average Bonchev–Trinajstić information content (AvgIpc) is 2.46. The zero-order valence-electron chi connectivity index (χ0n) is 11.7. The third-order valence-electron chi connectivity index (χ3n) is 3.81. The smallest absolute Gasteiger partial charge is 0.200 e. The van der Waals surface area contributed by atoms with Gasteiger partial charge in [-0.15, -0.1) is 0 Å². The number of phenolic OH excluding ortho intramolecular Hbond substituents is 1. The number of carbonyl (C=O) groups is 2. The second-order valence-corrected chi connectivity index (χ2v) is 5.01. The van der Waals surface area contributed by atoms with E-state index in [4.69, 9.17) is 5.73 Å². The van der Waals surface area contributed by atoms with E-state index in [0.29, 0.717) is 11.3 Å². The number of nitrogen functional groups attached to an aromatic ring is 1. The fourth-order valence-corrected chi connectivity index (χ4v) is 2.78. The third-order valence-corrected chi connectivity index (χ3v) is 3.81. The quantitative estimate of drug-likeness (QED) is 0.594. The number of nitrogens with two attached hydrogens (primary N) is 1. The first-order valence-electron chi connectivity index (χ1n) is 6.49. The lowest BCUT2D eigenvalue weighted by Crippen LogP contribution is -2.24. The summed E-state index contributed by atoms with van der Waals surface area (Å²) in [7, 11) is 1.66. The van der Waals surface area contributed by atoms with Crippen molar-refractivity contribution >= 4 is 22.9 Å². The highest BCUT2D eigenvalue weighted by Gasteiger charge is 2.36. The monoisotopic (exact) mass is 282 g/mol. The molecule has 0 spiro atoms. The molecule has 0 saturated heterocycles. The summed E-state index contributed by atoms with van der Waals surface area (Å²) >= 11 is 0. The van der Waals surface area contributed by atoms with Gasteiger partial charge in [-0.1, -0.05) is 6.07 Å². The molecule has 0 saturated carbocycles. The molecule has 5 nitrogen and oxygen atoms in total. The van der Waals surface area contributed by atoms with E-state index in [2.05, 4.69) is 5.32 Å². The normalized spacial score (nSPS) is 12.9. The summed E-state index contributed by atoms with van der Waals surface area (Å²) in [6, 6.07) is 6.29. The predicted molar refractivity (Wildman–Crippen MR) is 80.1 cm³/mol. The molecule has 106 valence electrons. The van der Waals surface area contributed by atoms with E-state index < -0.39 is 5.78 Å². The molecule has 0 amide bonds. The van der Waals surface area contributed by atoms with Crippen molar-refractivity contribution in [3.05, 3.63) is 52.1 Å². The zero-order valence-corrected chi connectivity index (χ0v) is 11.7. The Morgan fingerprint density at radius 1 is 0.952 bits per heavy atom. The largest absolute Gasteiger partial charge is 0.507 e. The van der Waals surface area contributed by atoms with Gasteiger partial charge in [0.15, 0.2) is 11.6 Å². The maximum absolute atomic E-state index is 12.8. The number of hydrogen-bond acceptors (Lipinski definition) is 5. The minimum Gasteiger partial charge on any atom is -0.507 e. The lowest BCUT2D eigenvalue weighted by atomic mass is 9.80. The van der Waals surface area contributed by atoms with Crippen LogP contribution in [-0.4, -0.2) is 23.7 Å². The van der Waals surface area contributed by atoms with Gasteiger partial charge in [0.25, 0.3) is 0 Å². The molecular weight excluding hydrogens is 268 g/mol. The van der Waals surface area contributed by atoms with Crippen molar-refractivity contribution < 1.29 is 14.7 Å².